The summed E-state index contributed by atoms with van der Waals surface area (Å²) in [4.78, 5) is 40.8. The number of aromatic nitrogens is 4. The molecule has 1 aliphatic rings. The van der Waals surface area contributed by atoms with E-state index in [1.165, 1.54) is 12.1 Å². The van der Waals surface area contributed by atoms with Crippen molar-refractivity contribution in [2.45, 2.75) is 18.6 Å². The second kappa shape index (κ2) is 8.40. The van der Waals surface area contributed by atoms with Gasteiger partial charge >= 0.3 is 5.69 Å². The van der Waals surface area contributed by atoms with E-state index in [0.29, 0.717) is 0 Å². The average molecular weight is 460 g/mol. The molecule has 1 aromatic carbocycles. The van der Waals surface area contributed by atoms with Crippen molar-refractivity contribution in [1.82, 2.24) is 20.2 Å². The van der Waals surface area contributed by atoms with E-state index in [1.54, 1.807) is 6.07 Å². The van der Waals surface area contributed by atoms with E-state index in [9.17, 15) is 27.6 Å². The molecule has 3 heterocycles. The van der Waals surface area contributed by atoms with Crippen LogP contribution in [0, 0.1) is 17.1 Å². The Morgan fingerprint density at radius 1 is 1.24 bits per heavy atom. The minimum Gasteiger partial charge on any atom is -0.365 e. The summed E-state index contributed by atoms with van der Waals surface area (Å²) in [6.07, 6.45) is -0.567. The molecule has 0 unspecified atom stereocenters. The molecule has 1 saturated heterocycles. The summed E-state index contributed by atoms with van der Waals surface area (Å²) >= 11 is 0. The lowest BCUT2D eigenvalue weighted by molar-refractivity contribution is -0.110. The molecule has 170 valence electrons. The molecular weight excluding hydrogens is 445 g/mol. The van der Waals surface area contributed by atoms with Gasteiger partial charge in [0.1, 0.15) is 17.6 Å². The highest BCUT2D eigenvalue weighted by Gasteiger charge is 2.49. The maximum Gasteiger partial charge on any atom is 0.325 e. The molecule has 0 aliphatic carbocycles. The summed E-state index contributed by atoms with van der Waals surface area (Å²) in [6, 6.07) is 6.53. The van der Waals surface area contributed by atoms with E-state index in [0.717, 1.165) is 23.2 Å². The number of nitrogens with zero attached hydrogens (tertiary/aromatic N) is 3. The third-order valence-electron chi connectivity index (χ3n) is 5.10. The van der Waals surface area contributed by atoms with E-state index >= 15 is 0 Å². The number of benzene rings is 1. The Bertz CT molecular complexity index is 1420. The van der Waals surface area contributed by atoms with Gasteiger partial charge in [0.15, 0.2) is 0 Å². The molecule has 0 radical (unpaired) electrons. The fourth-order valence-corrected chi connectivity index (χ4v) is 3.41. The molecular formula is C20H15F3N6O4. The predicted octanol–water partition coefficient (Wildman–Crippen LogP) is 0.865. The van der Waals surface area contributed by atoms with Gasteiger partial charge in [-0.2, -0.15) is 10.4 Å². The number of nitriles is 1. The number of alkyl halides is 2. The van der Waals surface area contributed by atoms with Crippen molar-refractivity contribution in [3.63, 3.8) is 0 Å². The third kappa shape index (κ3) is 4.41. The largest absolute Gasteiger partial charge is 0.365 e. The van der Waals surface area contributed by atoms with Crippen molar-refractivity contribution in [3.8, 4) is 17.3 Å². The van der Waals surface area contributed by atoms with Gasteiger partial charge in [0, 0.05) is 11.8 Å². The van der Waals surface area contributed by atoms with E-state index in [-0.39, 0.29) is 34.6 Å². The van der Waals surface area contributed by atoms with E-state index in [2.05, 4.69) is 15.2 Å². The molecule has 3 N–H and O–H groups in total. The lowest BCUT2D eigenvalue weighted by Gasteiger charge is -2.18. The maximum absolute atomic E-state index is 14.6. The van der Waals surface area contributed by atoms with Gasteiger partial charge < -0.3 is 14.6 Å². The Morgan fingerprint density at radius 3 is 2.73 bits per heavy atom. The first-order chi connectivity index (χ1) is 15.7. The lowest BCUT2D eigenvalue weighted by atomic mass is 10.1. The Morgan fingerprint density at radius 2 is 2.03 bits per heavy atom. The van der Waals surface area contributed by atoms with Gasteiger partial charge in [-0.1, -0.05) is 6.07 Å². The number of nitrogens with one attached hydrogen (secondary N) is 3. The molecule has 1 aliphatic heterocycles. The third-order valence-corrected chi connectivity index (χ3v) is 5.10. The summed E-state index contributed by atoms with van der Waals surface area (Å²) in [5, 5.41) is 14.7. The highest BCUT2D eigenvalue weighted by molar-refractivity contribution is 5.62. The Kier molecular flexibility index (Phi) is 5.60. The summed E-state index contributed by atoms with van der Waals surface area (Å²) in [7, 11) is 0. The molecule has 13 heteroatoms. The molecule has 3 aromatic rings. The summed E-state index contributed by atoms with van der Waals surface area (Å²) in [5.41, 5.74) is -2.51. The maximum atomic E-state index is 14.6. The standard InChI is InChI=1S/C20H15F3N6O4/c21-13-3-10(5-24)1-2-11(13)8-33-16-7-29(9-20(16,22)23)15-4-14(27-28-18(15)31)12-6-25-19(32)26-17(12)30/h1-4,6,16H,7-9H2,(H,28,31)(H2,25,26,30,32)/t16-/m0/s1. The van der Waals surface area contributed by atoms with Crippen LogP contribution in [0.4, 0.5) is 18.9 Å². The summed E-state index contributed by atoms with van der Waals surface area (Å²) < 4.78 is 48.5. The van der Waals surface area contributed by atoms with Crippen molar-refractivity contribution >= 4 is 5.69 Å². The molecule has 1 atom stereocenters. The first-order valence-electron chi connectivity index (χ1n) is 9.53. The quantitative estimate of drug-likeness (QED) is 0.512. The fraction of sp³-hybridized carbons (Fsp3) is 0.250. The highest BCUT2D eigenvalue weighted by atomic mass is 19.3. The van der Waals surface area contributed by atoms with Gasteiger partial charge in [0.25, 0.3) is 17.0 Å². The summed E-state index contributed by atoms with van der Waals surface area (Å²) in [6.45, 7) is -1.71. The molecule has 0 amide bonds. The smallest absolute Gasteiger partial charge is 0.325 e. The minimum atomic E-state index is -3.37. The van der Waals surface area contributed by atoms with Crippen molar-refractivity contribution in [3.05, 3.63) is 78.6 Å². The van der Waals surface area contributed by atoms with Crippen LogP contribution in [0.5, 0.6) is 0 Å². The highest BCUT2D eigenvalue weighted by Crippen LogP contribution is 2.33. The SMILES string of the molecule is N#Cc1ccc(CO[C@H]2CN(c3cc(-c4c[nH]c(=O)[nH]c4=O)n[nH]c3=O)CC2(F)F)c(F)c1. The van der Waals surface area contributed by atoms with Crippen LogP contribution < -0.4 is 21.7 Å². The normalized spacial score (nSPS) is 17.2. The molecule has 1 fully saturated rings. The number of aromatic amines is 3. The first kappa shape index (κ1) is 22.0. The van der Waals surface area contributed by atoms with Gasteiger partial charge in [-0.15, -0.1) is 0 Å². The minimum absolute atomic E-state index is 0.00425. The number of rotatable bonds is 5. The average Bonchev–Trinajstić information content (AvgIpc) is 3.07. The van der Waals surface area contributed by atoms with Crippen LogP contribution >= 0.6 is 0 Å². The predicted molar refractivity (Wildman–Crippen MR) is 108 cm³/mol. The van der Waals surface area contributed by atoms with Gasteiger partial charge in [-0.05, 0) is 18.2 Å². The number of halogens is 3. The number of hydrogen-bond donors (Lipinski definition) is 3. The summed E-state index contributed by atoms with van der Waals surface area (Å²) in [5.74, 6) is -4.12. The van der Waals surface area contributed by atoms with E-state index < -0.39 is 47.8 Å². The lowest BCUT2D eigenvalue weighted by Crippen LogP contribution is -2.34. The number of hydrogen-bond acceptors (Lipinski definition) is 7. The van der Waals surface area contributed by atoms with Crippen molar-refractivity contribution in [2.24, 2.45) is 0 Å². The first-order valence-corrected chi connectivity index (χ1v) is 9.53. The number of H-pyrrole nitrogens is 3. The van der Waals surface area contributed by atoms with E-state index in [1.807, 2.05) is 4.98 Å². The zero-order valence-electron chi connectivity index (χ0n) is 16.7. The van der Waals surface area contributed by atoms with Crippen LogP contribution in [0.15, 0.2) is 44.8 Å². The number of anilines is 1. The molecule has 10 nitrogen and oxygen atoms in total. The number of ether oxygens (including phenoxy) is 1. The van der Waals surface area contributed by atoms with Crippen LogP contribution in [0.25, 0.3) is 11.3 Å². The fourth-order valence-electron chi connectivity index (χ4n) is 3.41. The zero-order valence-corrected chi connectivity index (χ0v) is 16.7. The molecule has 0 saturated carbocycles. The molecule has 0 spiro atoms. The van der Waals surface area contributed by atoms with Crippen molar-refractivity contribution in [2.75, 3.05) is 18.0 Å². The molecule has 4 rings (SSSR count). The van der Waals surface area contributed by atoms with Crippen LogP contribution in [0.2, 0.25) is 0 Å². The molecule has 2 aromatic heterocycles. The molecule has 33 heavy (non-hydrogen) atoms. The topological polar surface area (TPSA) is 148 Å². The molecule has 0 bridgehead atoms. The van der Waals surface area contributed by atoms with Crippen LogP contribution in [-0.2, 0) is 11.3 Å². The Labute approximate surface area is 182 Å². The van der Waals surface area contributed by atoms with Crippen LogP contribution in [0.1, 0.15) is 11.1 Å². The second-order valence-electron chi connectivity index (χ2n) is 7.31. The zero-order chi connectivity index (χ0) is 23.8. The van der Waals surface area contributed by atoms with Gasteiger partial charge in [0.05, 0.1) is 42.6 Å². The Hall–Kier alpha value is -4.18. The van der Waals surface area contributed by atoms with Crippen molar-refractivity contribution < 1.29 is 17.9 Å². The monoisotopic (exact) mass is 460 g/mol. The van der Waals surface area contributed by atoms with Crippen LogP contribution in [-0.4, -0.2) is 45.3 Å². The van der Waals surface area contributed by atoms with Crippen molar-refractivity contribution in [1.29, 1.82) is 5.26 Å². The van der Waals surface area contributed by atoms with Crippen LogP contribution in [0.3, 0.4) is 0 Å². The van der Waals surface area contributed by atoms with E-state index in [4.69, 9.17) is 10.00 Å². The van der Waals surface area contributed by atoms with Gasteiger partial charge in [0.2, 0.25) is 0 Å². The van der Waals surface area contributed by atoms with Gasteiger partial charge in [-0.25, -0.2) is 23.1 Å². The Balaban J connectivity index is 1.56. The van der Waals surface area contributed by atoms with Gasteiger partial charge in [-0.3, -0.25) is 14.6 Å². The second-order valence-corrected chi connectivity index (χ2v) is 7.31.